The molecule has 0 saturated heterocycles. The highest BCUT2D eigenvalue weighted by Crippen LogP contribution is 2.23. The Labute approximate surface area is 154 Å². The van der Waals surface area contributed by atoms with Gasteiger partial charge in [0.1, 0.15) is 17.3 Å². The van der Waals surface area contributed by atoms with Crippen LogP contribution in [0.1, 0.15) is 21.6 Å². The van der Waals surface area contributed by atoms with Crippen molar-refractivity contribution in [3.8, 4) is 11.9 Å². The topological polar surface area (TPSA) is 96.5 Å². The molecule has 0 radical (unpaired) electrons. The van der Waals surface area contributed by atoms with Gasteiger partial charge in [0, 0.05) is 11.6 Å². The minimum atomic E-state index is -0.425. The summed E-state index contributed by atoms with van der Waals surface area (Å²) >= 11 is 0. The van der Waals surface area contributed by atoms with Crippen molar-refractivity contribution in [2.45, 2.75) is 6.92 Å². The Morgan fingerprint density at radius 2 is 2.00 bits per heavy atom. The molecular weight excluding hydrogens is 340 g/mol. The molecule has 27 heavy (non-hydrogen) atoms. The predicted molar refractivity (Wildman–Crippen MR) is 101 cm³/mol. The highest BCUT2D eigenvalue weighted by molar-refractivity contribution is 6.03. The number of carbonyl (C=O) groups is 1. The van der Waals surface area contributed by atoms with Crippen LogP contribution in [-0.4, -0.2) is 25.7 Å². The summed E-state index contributed by atoms with van der Waals surface area (Å²) in [6.07, 6.45) is 2.94. The Kier molecular flexibility index (Phi) is 4.07. The fraction of sp³-hybridized carbons (Fsp3) is 0.0500. The van der Waals surface area contributed by atoms with Crippen LogP contribution in [0.15, 0.2) is 60.9 Å². The van der Waals surface area contributed by atoms with Gasteiger partial charge in [0.2, 0.25) is 0 Å². The van der Waals surface area contributed by atoms with E-state index in [4.69, 9.17) is 0 Å². The van der Waals surface area contributed by atoms with Gasteiger partial charge in [-0.05, 0) is 36.8 Å². The molecule has 130 valence electrons. The number of amides is 1. The van der Waals surface area contributed by atoms with E-state index in [9.17, 15) is 10.1 Å². The minimum absolute atomic E-state index is 0.242. The largest absolute Gasteiger partial charge is 0.304 e. The van der Waals surface area contributed by atoms with Crippen molar-refractivity contribution in [3.05, 3.63) is 77.7 Å². The van der Waals surface area contributed by atoms with Gasteiger partial charge in [-0.15, -0.1) is 0 Å². The number of hydrogen-bond donors (Lipinski definition) is 1. The highest BCUT2D eigenvalue weighted by atomic mass is 16.2. The van der Waals surface area contributed by atoms with Crippen molar-refractivity contribution >= 4 is 22.6 Å². The molecule has 0 saturated carbocycles. The lowest BCUT2D eigenvalue weighted by atomic mass is 10.1. The number of nitrogens with one attached hydrogen (secondary N) is 1. The Morgan fingerprint density at radius 3 is 2.78 bits per heavy atom. The molecule has 0 aliphatic rings. The molecule has 0 atom stereocenters. The van der Waals surface area contributed by atoms with E-state index in [1.54, 1.807) is 18.2 Å². The molecule has 1 N–H and O–H groups in total. The summed E-state index contributed by atoms with van der Waals surface area (Å²) in [6.45, 7) is 1.98. The number of carbonyl (C=O) groups excluding carboxylic acids is 1. The van der Waals surface area contributed by atoms with Crippen LogP contribution in [-0.2, 0) is 0 Å². The zero-order valence-corrected chi connectivity index (χ0v) is 14.4. The third-order valence-corrected chi connectivity index (χ3v) is 4.15. The number of aromatic nitrogens is 4. The molecule has 7 heteroatoms. The van der Waals surface area contributed by atoms with Crippen LogP contribution in [0, 0.1) is 18.3 Å². The van der Waals surface area contributed by atoms with Gasteiger partial charge in [0.05, 0.1) is 11.7 Å². The third-order valence-electron chi connectivity index (χ3n) is 4.15. The smallest absolute Gasteiger partial charge is 0.275 e. The number of anilines is 1. The summed E-state index contributed by atoms with van der Waals surface area (Å²) in [5, 5.41) is 17.4. The van der Waals surface area contributed by atoms with Gasteiger partial charge < -0.3 is 5.32 Å². The Morgan fingerprint density at radius 1 is 1.19 bits per heavy atom. The molecule has 1 amide bonds. The first kappa shape index (κ1) is 16.4. The van der Waals surface area contributed by atoms with Gasteiger partial charge in [-0.25, -0.2) is 4.98 Å². The van der Waals surface area contributed by atoms with E-state index in [1.807, 2.05) is 43.3 Å². The summed E-state index contributed by atoms with van der Waals surface area (Å²) < 4.78 is 1.46. The van der Waals surface area contributed by atoms with E-state index in [0.717, 1.165) is 16.5 Å². The first-order chi connectivity index (χ1) is 13.2. The lowest BCUT2D eigenvalue weighted by molar-refractivity contribution is 0.102. The maximum atomic E-state index is 12.5. The second kappa shape index (κ2) is 6.69. The SMILES string of the molecule is Cc1cc(-n2ncc(C#N)c2NC(=O)c2ccccn2)nc2ccccc12. The van der Waals surface area contributed by atoms with Crippen LogP contribution in [0.4, 0.5) is 5.82 Å². The Balaban J connectivity index is 1.80. The number of nitriles is 1. The molecule has 3 heterocycles. The molecule has 0 bridgehead atoms. The summed E-state index contributed by atoms with van der Waals surface area (Å²) in [6, 6.07) is 16.7. The molecule has 7 nitrogen and oxygen atoms in total. The van der Waals surface area contributed by atoms with Gasteiger partial charge in [-0.1, -0.05) is 24.3 Å². The number of benzene rings is 1. The van der Waals surface area contributed by atoms with E-state index < -0.39 is 5.91 Å². The summed E-state index contributed by atoms with van der Waals surface area (Å²) in [5.74, 6) is 0.353. The van der Waals surface area contributed by atoms with E-state index in [0.29, 0.717) is 5.82 Å². The molecule has 1 aromatic carbocycles. The second-order valence-corrected chi connectivity index (χ2v) is 5.91. The summed E-state index contributed by atoms with van der Waals surface area (Å²) in [7, 11) is 0. The van der Waals surface area contributed by atoms with Gasteiger partial charge in [0.25, 0.3) is 5.91 Å². The second-order valence-electron chi connectivity index (χ2n) is 5.91. The molecule has 3 aromatic heterocycles. The lowest BCUT2D eigenvalue weighted by Gasteiger charge is -2.11. The lowest BCUT2D eigenvalue weighted by Crippen LogP contribution is -2.17. The number of hydrogen-bond acceptors (Lipinski definition) is 5. The third kappa shape index (κ3) is 3.00. The molecule has 0 spiro atoms. The average Bonchev–Trinajstić information content (AvgIpc) is 3.11. The van der Waals surface area contributed by atoms with E-state index in [1.165, 1.54) is 17.1 Å². The van der Waals surface area contributed by atoms with Crippen LogP contribution in [0.2, 0.25) is 0 Å². The standard InChI is InChI=1S/C20H14N6O/c1-13-10-18(24-16-7-3-2-6-15(13)16)26-19(14(11-21)12-23-26)25-20(27)17-8-4-5-9-22-17/h2-10,12H,1H3,(H,25,27). The van der Waals surface area contributed by atoms with Gasteiger partial charge in [0.15, 0.2) is 11.6 Å². The monoisotopic (exact) mass is 354 g/mol. The Hall–Kier alpha value is -4.05. The first-order valence-electron chi connectivity index (χ1n) is 8.24. The number of rotatable bonds is 3. The maximum Gasteiger partial charge on any atom is 0.275 e. The van der Waals surface area contributed by atoms with Crippen molar-refractivity contribution in [1.29, 1.82) is 5.26 Å². The van der Waals surface area contributed by atoms with Crippen molar-refractivity contribution in [3.63, 3.8) is 0 Å². The van der Waals surface area contributed by atoms with Crippen LogP contribution < -0.4 is 5.32 Å². The van der Waals surface area contributed by atoms with Crippen molar-refractivity contribution in [2.75, 3.05) is 5.32 Å². The van der Waals surface area contributed by atoms with Crippen molar-refractivity contribution in [2.24, 2.45) is 0 Å². The van der Waals surface area contributed by atoms with Gasteiger partial charge >= 0.3 is 0 Å². The fourth-order valence-corrected chi connectivity index (χ4v) is 2.83. The maximum absolute atomic E-state index is 12.5. The summed E-state index contributed by atoms with van der Waals surface area (Å²) in [4.78, 5) is 21.1. The van der Waals surface area contributed by atoms with Crippen LogP contribution >= 0.6 is 0 Å². The van der Waals surface area contributed by atoms with Crippen LogP contribution in [0.3, 0.4) is 0 Å². The minimum Gasteiger partial charge on any atom is -0.304 e. The molecular formula is C20H14N6O. The van der Waals surface area contributed by atoms with Gasteiger partial charge in [-0.3, -0.25) is 9.78 Å². The molecule has 0 aliphatic heterocycles. The van der Waals surface area contributed by atoms with Crippen LogP contribution in [0.25, 0.3) is 16.7 Å². The van der Waals surface area contributed by atoms with Crippen molar-refractivity contribution in [1.82, 2.24) is 19.7 Å². The van der Waals surface area contributed by atoms with Crippen molar-refractivity contribution < 1.29 is 4.79 Å². The number of nitrogens with zero attached hydrogens (tertiary/aromatic N) is 5. The zero-order valence-electron chi connectivity index (χ0n) is 14.4. The molecule has 4 aromatic rings. The molecule has 4 rings (SSSR count). The normalized spacial score (nSPS) is 10.5. The molecule has 0 fully saturated rings. The van der Waals surface area contributed by atoms with Crippen LogP contribution in [0.5, 0.6) is 0 Å². The Bertz CT molecular complexity index is 1190. The first-order valence-corrected chi connectivity index (χ1v) is 8.24. The van der Waals surface area contributed by atoms with Gasteiger partial charge in [-0.2, -0.15) is 15.0 Å². The van der Waals surface area contributed by atoms with E-state index >= 15 is 0 Å². The predicted octanol–water partition coefficient (Wildman–Crippen LogP) is 3.25. The molecule has 0 aliphatic carbocycles. The average molecular weight is 354 g/mol. The number of pyridine rings is 2. The van der Waals surface area contributed by atoms with E-state index in [-0.39, 0.29) is 17.1 Å². The zero-order chi connectivity index (χ0) is 18.8. The number of aryl methyl sites for hydroxylation is 1. The summed E-state index contributed by atoms with van der Waals surface area (Å²) in [5.41, 5.74) is 2.32. The number of fused-ring (bicyclic) bond motifs is 1. The van der Waals surface area contributed by atoms with E-state index in [2.05, 4.69) is 20.4 Å². The fourth-order valence-electron chi connectivity index (χ4n) is 2.83. The number of para-hydroxylation sites is 1. The molecule has 0 unspecified atom stereocenters. The highest BCUT2D eigenvalue weighted by Gasteiger charge is 2.18. The quantitative estimate of drug-likeness (QED) is 0.609.